The molecule has 1 heterocycles. The Morgan fingerprint density at radius 2 is 2.50 bits per heavy atom. The van der Waals surface area contributed by atoms with Crippen molar-refractivity contribution in [2.75, 3.05) is 6.61 Å². The second-order valence-corrected chi connectivity index (χ2v) is 1.67. The van der Waals surface area contributed by atoms with Crippen molar-refractivity contribution in [3.05, 3.63) is 0 Å². The minimum atomic E-state index is 1.00. The quantitative estimate of drug-likeness (QED) is 0.359. The molecule has 1 aliphatic rings. The molecule has 1 rings (SSSR count). The molecule has 0 N–H and O–H groups in total. The second-order valence-electron chi connectivity index (χ2n) is 1.67. The van der Waals surface area contributed by atoms with E-state index >= 15 is 0 Å². The monoisotopic (exact) mass is 82.1 g/mol. The Labute approximate surface area is 39.6 Å². The maximum absolute atomic E-state index is 5.07. The molecular formula is C3H8B2O. The Hall–Kier alpha value is 0.0899. The van der Waals surface area contributed by atoms with Crippen LogP contribution in [-0.4, -0.2) is 21.2 Å². The average Bonchev–Trinajstić information content (AvgIpc) is 1.72. The lowest BCUT2D eigenvalue weighted by Gasteiger charge is -2.05. The van der Waals surface area contributed by atoms with Gasteiger partial charge < -0.3 is 4.65 Å². The van der Waals surface area contributed by atoms with Crippen LogP contribution in [0.4, 0.5) is 0 Å². The predicted molar refractivity (Wildman–Crippen MR) is 29.7 cm³/mol. The van der Waals surface area contributed by atoms with E-state index in [1.807, 2.05) is 0 Å². The summed E-state index contributed by atoms with van der Waals surface area (Å²) in [5.74, 6) is 0. The minimum absolute atomic E-state index is 1.00. The summed E-state index contributed by atoms with van der Waals surface area (Å²) in [6.07, 6.45) is 2.65. The van der Waals surface area contributed by atoms with Crippen LogP contribution >= 0.6 is 0 Å². The summed E-state index contributed by atoms with van der Waals surface area (Å²) in [5.41, 5.74) is 0. The third-order valence-corrected chi connectivity index (χ3v) is 1.08. The standard InChI is InChI=1S/C3H8B2O/c1-2-4-5-6-3-1/h4-5H,1-3H2. The lowest BCUT2D eigenvalue weighted by molar-refractivity contribution is 0.337. The van der Waals surface area contributed by atoms with Crippen molar-refractivity contribution in [2.24, 2.45) is 0 Å². The Balaban J connectivity index is 2.00. The highest BCUT2D eigenvalue weighted by Crippen LogP contribution is 1.93. The van der Waals surface area contributed by atoms with E-state index in [9.17, 15) is 0 Å². The van der Waals surface area contributed by atoms with Gasteiger partial charge in [-0.2, -0.15) is 0 Å². The molecular weight excluding hydrogens is 73.7 g/mol. The van der Waals surface area contributed by atoms with Gasteiger partial charge in [0.2, 0.25) is 7.37 Å². The normalized spacial score (nSPS) is 21.3. The van der Waals surface area contributed by atoms with E-state index in [-0.39, 0.29) is 0 Å². The Morgan fingerprint density at radius 3 is 2.67 bits per heavy atom. The van der Waals surface area contributed by atoms with E-state index in [1.165, 1.54) is 19.9 Å². The number of hydrogen-bond donors (Lipinski definition) is 0. The molecule has 0 saturated carbocycles. The molecule has 1 aliphatic heterocycles. The van der Waals surface area contributed by atoms with Crippen molar-refractivity contribution in [3.63, 3.8) is 0 Å². The van der Waals surface area contributed by atoms with Gasteiger partial charge in [-0.15, -0.1) is 0 Å². The SMILES string of the molecule is B1BOCCC1. The van der Waals surface area contributed by atoms with Crippen molar-refractivity contribution in [1.29, 1.82) is 0 Å². The fourth-order valence-corrected chi connectivity index (χ4v) is 0.687. The van der Waals surface area contributed by atoms with Crippen molar-refractivity contribution in [2.45, 2.75) is 12.7 Å². The predicted octanol–water partition coefficient (Wildman–Crippen LogP) is -0.472. The van der Waals surface area contributed by atoms with Crippen LogP contribution in [0.25, 0.3) is 0 Å². The first-order valence-electron chi connectivity index (χ1n) is 2.58. The lowest BCUT2D eigenvalue weighted by atomic mass is 9.46. The zero-order valence-electron chi connectivity index (χ0n) is 3.94. The third kappa shape index (κ3) is 1.05. The van der Waals surface area contributed by atoms with Gasteiger partial charge in [-0.25, -0.2) is 0 Å². The largest absolute Gasteiger partial charge is 0.449 e. The molecule has 6 heavy (non-hydrogen) atoms. The minimum Gasteiger partial charge on any atom is -0.449 e. The summed E-state index contributed by atoms with van der Waals surface area (Å²) in [4.78, 5) is 0. The lowest BCUT2D eigenvalue weighted by Crippen LogP contribution is -2.15. The summed E-state index contributed by atoms with van der Waals surface area (Å²) in [5, 5.41) is 0. The smallest absolute Gasteiger partial charge is 0.234 e. The molecule has 1 saturated heterocycles. The second kappa shape index (κ2) is 2.30. The molecule has 0 bridgehead atoms. The fraction of sp³-hybridized carbons (Fsp3) is 1.00. The van der Waals surface area contributed by atoms with Crippen LogP contribution in [-0.2, 0) is 4.65 Å². The highest BCUT2D eigenvalue weighted by atomic mass is 16.4. The van der Waals surface area contributed by atoms with E-state index in [0.29, 0.717) is 0 Å². The molecule has 32 valence electrons. The highest BCUT2D eigenvalue weighted by Gasteiger charge is 1.99. The molecule has 0 aromatic rings. The molecule has 1 nitrogen and oxygen atoms in total. The van der Waals surface area contributed by atoms with Crippen LogP contribution in [0.5, 0.6) is 0 Å². The fourth-order valence-electron chi connectivity index (χ4n) is 0.687. The topological polar surface area (TPSA) is 9.23 Å². The molecule has 0 aromatic carbocycles. The number of hydrogen-bond acceptors (Lipinski definition) is 1. The maximum atomic E-state index is 5.07. The van der Waals surface area contributed by atoms with Gasteiger partial charge in [0.25, 0.3) is 0 Å². The van der Waals surface area contributed by atoms with Crippen molar-refractivity contribution in [3.8, 4) is 0 Å². The van der Waals surface area contributed by atoms with Gasteiger partial charge in [0.1, 0.15) is 7.17 Å². The molecule has 3 heteroatoms. The van der Waals surface area contributed by atoms with Gasteiger partial charge in [-0.1, -0.05) is 6.32 Å². The zero-order chi connectivity index (χ0) is 4.24. The zero-order valence-corrected chi connectivity index (χ0v) is 3.94. The van der Waals surface area contributed by atoms with Crippen LogP contribution in [0, 0.1) is 0 Å². The van der Waals surface area contributed by atoms with Crippen molar-refractivity contribution < 1.29 is 4.65 Å². The molecule has 0 radical (unpaired) electrons. The van der Waals surface area contributed by atoms with Crippen LogP contribution in [0.3, 0.4) is 0 Å². The summed E-state index contributed by atoms with van der Waals surface area (Å²) in [6, 6.07) is 0. The van der Waals surface area contributed by atoms with Crippen LogP contribution in [0.2, 0.25) is 6.32 Å². The molecule has 0 aromatic heterocycles. The van der Waals surface area contributed by atoms with E-state index in [1.54, 1.807) is 0 Å². The van der Waals surface area contributed by atoms with E-state index in [2.05, 4.69) is 0 Å². The Morgan fingerprint density at radius 1 is 1.50 bits per heavy atom. The van der Waals surface area contributed by atoms with E-state index < -0.39 is 0 Å². The molecule has 0 aliphatic carbocycles. The number of rotatable bonds is 0. The highest BCUT2D eigenvalue weighted by molar-refractivity contribution is 6.97. The first-order chi connectivity index (χ1) is 3.00. The first kappa shape index (κ1) is 4.25. The van der Waals surface area contributed by atoms with Crippen molar-refractivity contribution in [1.82, 2.24) is 0 Å². The van der Waals surface area contributed by atoms with Crippen LogP contribution in [0.1, 0.15) is 6.42 Å². The van der Waals surface area contributed by atoms with E-state index in [4.69, 9.17) is 4.65 Å². The molecule has 0 atom stereocenters. The van der Waals surface area contributed by atoms with Gasteiger partial charge in [-0.3, -0.25) is 0 Å². The summed E-state index contributed by atoms with van der Waals surface area (Å²) < 4.78 is 5.07. The van der Waals surface area contributed by atoms with Gasteiger partial charge in [-0.05, 0) is 6.42 Å². The molecule has 0 spiro atoms. The molecule has 0 amide bonds. The summed E-state index contributed by atoms with van der Waals surface area (Å²) >= 11 is 0. The Kier molecular flexibility index (Phi) is 1.63. The van der Waals surface area contributed by atoms with Crippen LogP contribution < -0.4 is 0 Å². The van der Waals surface area contributed by atoms with Gasteiger partial charge in [0.15, 0.2) is 0 Å². The Bertz CT molecular complexity index is 24.3. The van der Waals surface area contributed by atoms with Gasteiger partial charge in [0.05, 0.1) is 0 Å². The first-order valence-corrected chi connectivity index (χ1v) is 2.58. The van der Waals surface area contributed by atoms with Gasteiger partial charge in [0, 0.05) is 6.61 Å². The maximum Gasteiger partial charge on any atom is 0.234 e. The average molecular weight is 81.7 g/mol. The van der Waals surface area contributed by atoms with Crippen LogP contribution in [0.15, 0.2) is 0 Å². The van der Waals surface area contributed by atoms with Gasteiger partial charge >= 0.3 is 0 Å². The summed E-state index contributed by atoms with van der Waals surface area (Å²) in [6.45, 7) is 1.00. The summed E-state index contributed by atoms with van der Waals surface area (Å²) in [7, 11) is 2.28. The molecule has 0 unspecified atom stereocenters. The molecule has 1 fully saturated rings. The van der Waals surface area contributed by atoms with E-state index in [0.717, 1.165) is 14.0 Å². The van der Waals surface area contributed by atoms with Crippen molar-refractivity contribution >= 4 is 14.5 Å². The third-order valence-electron chi connectivity index (χ3n) is 1.08.